The smallest absolute Gasteiger partial charge is 0.325 e. The molecule has 0 aromatic heterocycles. The Hall–Kier alpha value is -2.57. The zero-order valence-corrected chi connectivity index (χ0v) is 16.1. The Morgan fingerprint density at radius 1 is 1.19 bits per heavy atom. The van der Waals surface area contributed by atoms with Crippen LogP contribution in [0.5, 0.6) is 0 Å². The number of benzene rings is 1. The highest BCUT2D eigenvalue weighted by Crippen LogP contribution is 2.35. The number of carbonyl (C=O) groups is 3. The van der Waals surface area contributed by atoms with E-state index in [2.05, 4.69) is 10.6 Å². The van der Waals surface area contributed by atoms with E-state index < -0.39 is 5.54 Å². The second kappa shape index (κ2) is 7.98. The Balaban J connectivity index is 1.40. The van der Waals surface area contributed by atoms with Gasteiger partial charge in [-0.1, -0.05) is 25.0 Å². The van der Waals surface area contributed by atoms with Gasteiger partial charge in [0.05, 0.1) is 0 Å². The van der Waals surface area contributed by atoms with Gasteiger partial charge in [0, 0.05) is 39.3 Å². The standard InChI is InChI=1S/C20H28N4O3/c1-23(2)16-9-7-15(8-10-16)14-21-17(25)6-5-13-24-18(26)20(22-19(24)27)11-3-4-12-20/h7-10H,3-6,11-14H2,1-2H3,(H,21,25)(H,22,27). The zero-order valence-electron chi connectivity index (χ0n) is 16.1. The molecular formula is C20H28N4O3. The summed E-state index contributed by atoms with van der Waals surface area (Å²) in [5, 5.41) is 5.75. The van der Waals surface area contributed by atoms with E-state index in [0.29, 0.717) is 19.4 Å². The number of nitrogens with one attached hydrogen (secondary N) is 2. The third kappa shape index (κ3) is 4.23. The molecule has 2 fully saturated rings. The number of anilines is 1. The summed E-state index contributed by atoms with van der Waals surface area (Å²) in [5.74, 6) is -0.194. The van der Waals surface area contributed by atoms with Crippen LogP contribution in [0.2, 0.25) is 0 Å². The molecule has 2 N–H and O–H groups in total. The van der Waals surface area contributed by atoms with Gasteiger partial charge in [-0.3, -0.25) is 14.5 Å². The first-order valence-electron chi connectivity index (χ1n) is 9.58. The summed E-state index contributed by atoms with van der Waals surface area (Å²) in [6, 6.07) is 7.69. The van der Waals surface area contributed by atoms with Crippen molar-refractivity contribution in [2.75, 3.05) is 25.5 Å². The molecule has 1 saturated heterocycles. The molecule has 0 atom stereocenters. The summed E-state index contributed by atoms with van der Waals surface area (Å²) < 4.78 is 0. The van der Waals surface area contributed by atoms with Crippen molar-refractivity contribution in [3.05, 3.63) is 29.8 Å². The van der Waals surface area contributed by atoms with Gasteiger partial charge in [0.2, 0.25) is 5.91 Å². The van der Waals surface area contributed by atoms with Gasteiger partial charge >= 0.3 is 6.03 Å². The number of hydrogen-bond acceptors (Lipinski definition) is 4. The van der Waals surface area contributed by atoms with Gasteiger partial charge in [0.15, 0.2) is 0 Å². The maximum Gasteiger partial charge on any atom is 0.325 e. The Morgan fingerprint density at radius 3 is 2.48 bits per heavy atom. The average Bonchev–Trinajstić information content (AvgIpc) is 3.20. The van der Waals surface area contributed by atoms with E-state index in [0.717, 1.165) is 36.9 Å². The highest BCUT2D eigenvalue weighted by atomic mass is 16.2. The normalized spacial score (nSPS) is 18.1. The molecular weight excluding hydrogens is 344 g/mol. The molecule has 1 aliphatic heterocycles. The lowest BCUT2D eigenvalue weighted by Gasteiger charge is -2.19. The highest BCUT2D eigenvalue weighted by Gasteiger charge is 2.51. The molecule has 1 spiro atoms. The number of amides is 4. The maximum atomic E-state index is 12.5. The topological polar surface area (TPSA) is 81.8 Å². The summed E-state index contributed by atoms with van der Waals surface area (Å²) in [6.45, 7) is 0.760. The van der Waals surface area contributed by atoms with Gasteiger partial charge in [-0.05, 0) is 37.0 Å². The molecule has 7 nitrogen and oxygen atoms in total. The lowest BCUT2D eigenvalue weighted by Crippen LogP contribution is -2.44. The van der Waals surface area contributed by atoms with Crippen LogP contribution in [0.25, 0.3) is 0 Å². The molecule has 3 rings (SSSR count). The lowest BCUT2D eigenvalue weighted by molar-refractivity contribution is -0.131. The Bertz CT molecular complexity index is 708. The highest BCUT2D eigenvalue weighted by molar-refractivity contribution is 6.07. The quantitative estimate of drug-likeness (QED) is 0.718. The monoisotopic (exact) mass is 372 g/mol. The van der Waals surface area contributed by atoms with Crippen LogP contribution >= 0.6 is 0 Å². The van der Waals surface area contributed by atoms with E-state index in [-0.39, 0.29) is 24.4 Å². The third-order valence-corrected chi connectivity index (χ3v) is 5.43. The van der Waals surface area contributed by atoms with Gasteiger partial charge in [0.25, 0.3) is 5.91 Å². The average molecular weight is 372 g/mol. The SMILES string of the molecule is CN(C)c1ccc(CNC(=O)CCCN2C(=O)NC3(CCCC3)C2=O)cc1. The minimum atomic E-state index is -0.669. The largest absolute Gasteiger partial charge is 0.378 e. The fourth-order valence-corrected chi connectivity index (χ4v) is 3.80. The van der Waals surface area contributed by atoms with Crippen LogP contribution in [0, 0.1) is 0 Å². The van der Waals surface area contributed by atoms with Gasteiger partial charge in [0.1, 0.15) is 5.54 Å². The van der Waals surface area contributed by atoms with E-state index >= 15 is 0 Å². The van der Waals surface area contributed by atoms with E-state index in [1.54, 1.807) is 0 Å². The van der Waals surface area contributed by atoms with E-state index in [9.17, 15) is 14.4 Å². The van der Waals surface area contributed by atoms with Crippen molar-refractivity contribution >= 4 is 23.5 Å². The van der Waals surface area contributed by atoms with Crippen molar-refractivity contribution in [2.45, 2.75) is 50.6 Å². The first-order chi connectivity index (χ1) is 12.9. The first-order valence-corrected chi connectivity index (χ1v) is 9.58. The summed E-state index contributed by atoms with van der Waals surface area (Å²) >= 11 is 0. The molecule has 146 valence electrons. The second-order valence-electron chi connectivity index (χ2n) is 7.62. The van der Waals surface area contributed by atoms with Crippen LogP contribution in [0.15, 0.2) is 24.3 Å². The molecule has 2 aliphatic rings. The molecule has 1 aliphatic carbocycles. The summed E-state index contributed by atoms with van der Waals surface area (Å²) in [4.78, 5) is 40.0. The summed E-state index contributed by atoms with van der Waals surface area (Å²) in [5.41, 5.74) is 1.47. The molecule has 7 heteroatoms. The minimum absolute atomic E-state index is 0.0747. The number of nitrogens with zero attached hydrogens (tertiary/aromatic N) is 2. The minimum Gasteiger partial charge on any atom is -0.378 e. The van der Waals surface area contributed by atoms with Gasteiger partial charge in [-0.25, -0.2) is 4.79 Å². The number of carbonyl (C=O) groups excluding carboxylic acids is 3. The summed E-state index contributed by atoms with van der Waals surface area (Å²) in [6.07, 6.45) is 4.15. The predicted molar refractivity (Wildman–Crippen MR) is 103 cm³/mol. The molecule has 1 saturated carbocycles. The van der Waals surface area contributed by atoms with Crippen molar-refractivity contribution in [2.24, 2.45) is 0 Å². The van der Waals surface area contributed by atoms with Crippen LogP contribution in [-0.2, 0) is 16.1 Å². The van der Waals surface area contributed by atoms with Gasteiger partial charge in [-0.2, -0.15) is 0 Å². The van der Waals surface area contributed by atoms with Crippen molar-refractivity contribution in [1.29, 1.82) is 0 Å². The van der Waals surface area contributed by atoms with Crippen LogP contribution in [-0.4, -0.2) is 48.9 Å². The van der Waals surface area contributed by atoms with Crippen molar-refractivity contribution in [1.82, 2.24) is 15.5 Å². The molecule has 0 radical (unpaired) electrons. The van der Waals surface area contributed by atoms with Gasteiger partial charge in [-0.15, -0.1) is 0 Å². The fraction of sp³-hybridized carbons (Fsp3) is 0.550. The molecule has 1 heterocycles. The van der Waals surface area contributed by atoms with Crippen LogP contribution in [0.4, 0.5) is 10.5 Å². The summed E-state index contributed by atoms with van der Waals surface area (Å²) in [7, 11) is 3.97. The molecule has 1 aromatic rings. The van der Waals surface area contributed by atoms with Crippen molar-refractivity contribution in [3.63, 3.8) is 0 Å². The molecule has 4 amide bonds. The molecule has 0 unspecified atom stereocenters. The van der Waals surface area contributed by atoms with Crippen LogP contribution in [0.1, 0.15) is 44.1 Å². The zero-order chi connectivity index (χ0) is 19.4. The maximum absolute atomic E-state index is 12.5. The number of imide groups is 1. The first kappa shape index (κ1) is 19.2. The lowest BCUT2D eigenvalue weighted by atomic mass is 9.98. The molecule has 27 heavy (non-hydrogen) atoms. The molecule has 1 aromatic carbocycles. The number of rotatable bonds is 7. The van der Waals surface area contributed by atoms with Crippen molar-refractivity contribution < 1.29 is 14.4 Å². The van der Waals surface area contributed by atoms with Crippen LogP contribution in [0.3, 0.4) is 0 Å². The fourth-order valence-electron chi connectivity index (χ4n) is 3.80. The Kier molecular flexibility index (Phi) is 5.68. The Morgan fingerprint density at radius 2 is 1.85 bits per heavy atom. The van der Waals surface area contributed by atoms with E-state index in [1.807, 2.05) is 43.3 Å². The number of hydrogen-bond donors (Lipinski definition) is 2. The second-order valence-corrected chi connectivity index (χ2v) is 7.62. The van der Waals surface area contributed by atoms with Crippen LogP contribution < -0.4 is 15.5 Å². The van der Waals surface area contributed by atoms with E-state index in [4.69, 9.17) is 0 Å². The third-order valence-electron chi connectivity index (χ3n) is 5.43. The van der Waals surface area contributed by atoms with Crippen molar-refractivity contribution in [3.8, 4) is 0 Å². The van der Waals surface area contributed by atoms with E-state index in [1.165, 1.54) is 4.90 Å². The predicted octanol–water partition coefficient (Wildman–Crippen LogP) is 2.01. The van der Waals surface area contributed by atoms with Gasteiger partial charge < -0.3 is 15.5 Å². The number of urea groups is 1. The Labute approximate surface area is 160 Å². The molecule has 0 bridgehead atoms.